The zero-order valence-electron chi connectivity index (χ0n) is 17.0. The maximum atomic E-state index is 12.7. The van der Waals surface area contributed by atoms with Crippen molar-refractivity contribution in [2.75, 3.05) is 13.2 Å². The van der Waals surface area contributed by atoms with E-state index in [1.54, 1.807) is 0 Å². The SMILES string of the molecule is CC(=O)NCC(=O)N[C@H](C(=O)N[C@@H](Cc1cnc[nH]1)C(=O)N[C@@H](CO)C(N)=O)[C@@H](C)O. The average molecular weight is 441 g/mol. The highest BCUT2D eigenvalue weighted by Gasteiger charge is 2.31. The van der Waals surface area contributed by atoms with Gasteiger partial charge in [-0.15, -0.1) is 0 Å². The Bertz CT molecular complexity index is 782. The molecule has 0 saturated carbocycles. The van der Waals surface area contributed by atoms with Crippen LogP contribution in [-0.2, 0) is 30.4 Å². The molecule has 5 amide bonds. The van der Waals surface area contributed by atoms with Gasteiger partial charge < -0.3 is 42.2 Å². The summed E-state index contributed by atoms with van der Waals surface area (Å²) in [5.41, 5.74) is 5.56. The van der Waals surface area contributed by atoms with Gasteiger partial charge in [0.15, 0.2) is 0 Å². The molecular weight excluding hydrogens is 414 g/mol. The van der Waals surface area contributed by atoms with E-state index in [0.29, 0.717) is 5.69 Å². The van der Waals surface area contributed by atoms with Crippen molar-refractivity contribution in [3.8, 4) is 0 Å². The Morgan fingerprint density at radius 1 is 1.13 bits per heavy atom. The monoisotopic (exact) mass is 441 g/mol. The summed E-state index contributed by atoms with van der Waals surface area (Å²) in [6.45, 7) is 1.29. The molecule has 14 heteroatoms. The Hall–Kier alpha value is -3.52. The van der Waals surface area contributed by atoms with Crippen LogP contribution in [0.4, 0.5) is 0 Å². The lowest BCUT2D eigenvalue weighted by molar-refractivity contribution is -0.135. The summed E-state index contributed by atoms with van der Waals surface area (Å²) < 4.78 is 0. The summed E-state index contributed by atoms with van der Waals surface area (Å²) in [6, 6.07) is -4.09. The lowest BCUT2D eigenvalue weighted by Crippen LogP contribution is -2.60. The van der Waals surface area contributed by atoms with Crippen molar-refractivity contribution in [2.45, 2.75) is 44.5 Å². The Morgan fingerprint density at radius 2 is 1.77 bits per heavy atom. The van der Waals surface area contributed by atoms with Crippen LogP contribution >= 0.6 is 0 Å². The number of nitrogens with one attached hydrogen (secondary N) is 5. The minimum absolute atomic E-state index is 0.0825. The van der Waals surface area contributed by atoms with Crippen molar-refractivity contribution in [2.24, 2.45) is 5.73 Å². The summed E-state index contributed by atoms with van der Waals surface area (Å²) in [4.78, 5) is 65.9. The number of H-pyrrole nitrogens is 1. The van der Waals surface area contributed by atoms with Crippen molar-refractivity contribution < 1.29 is 34.2 Å². The van der Waals surface area contributed by atoms with Gasteiger partial charge in [-0.1, -0.05) is 0 Å². The molecule has 172 valence electrons. The molecule has 0 spiro atoms. The van der Waals surface area contributed by atoms with Crippen LogP contribution in [0.25, 0.3) is 0 Å². The number of rotatable bonds is 12. The summed E-state index contributed by atoms with van der Waals surface area (Å²) in [7, 11) is 0. The summed E-state index contributed by atoms with van der Waals surface area (Å²) >= 11 is 0. The number of nitrogens with two attached hydrogens (primary N) is 1. The number of nitrogens with zero attached hydrogens (tertiary/aromatic N) is 1. The number of imidazole rings is 1. The lowest BCUT2D eigenvalue weighted by atomic mass is 10.1. The van der Waals surface area contributed by atoms with Crippen LogP contribution in [0.15, 0.2) is 12.5 Å². The van der Waals surface area contributed by atoms with E-state index in [4.69, 9.17) is 5.73 Å². The number of carbonyl (C=O) groups is 5. The second-order valence-electron chi connectivity index (χ2n) is 6.68. The Kier molecular flexibility index (Phi) is 10.1. The van der Waals surface area contributed by atoms with Crippen LogP contribution in [0.2, 0.25) is 0 Å². The molecule has 9 N–H and O–H groups in total. The number of aromatic nitrogens is 2. The maximum absolute atomic E-state index is 12.7. The van der Waals surface area contributed by atoms with E-state index in [-0.39, 0.29) is 6.42 Å². The van der Waals surface area contributed by atoms with E-state index in [1.807, 2.05) is 0 Å². The zero-order chi connectivity index (χ0) is 23.6. The summed E-state index contributed by atoms with van der Waals surface area (Å²) in [5.74, 6) is -3.91. The minimum atomic E-state index is -1.44. The van der Waals surface area contributed by atoms with Crippen molar-refractivity contribution in [1.82, 2.24) is 31.2 Å². The van der Waals surface area contributed by atoms with Crippen LogP contribution in [0, 0.1) is 0 Å². The normalized spacial score (nSPS) is 14.5. The second-order valence-corrected chi connectivity index (χ2v) is 6.68. The first-order valence-electron chi connectivity index (χ1n) is 9.25. The molecule has 0 aliphatic heterocycles. The molecule has 1 heterocycles. The largest absolute Gasteiger partial charge is 0.394 e. The van der Waals surface area contributed by atoms with Gasteiger partial charge in [0.05, 0.1) is 25.6 Å². The molecule has 0 aliphatic rings. The number of aliphatic hydroxyl groups is 2. The number of aromatic amines is 1. The average Bonchev–Trinajstić information content (AvgIpc) is 3.20. The molecule has 0 aromatic carbocycles. The molecule has 0 unspecified atom stereocenters. The van der Waals surface area contributed by atoms with Crippen molar-refractivity contribution in [1.29, 1.82) is 0 Å². The second kappa shape index (κ2) is 12.2. The van der Waals surface area contributed by atoms with E-state index < -0.39 is 66.9 Å². The summed E-state index contributed by atoms with van der Waals surface area (Å²) in [6.07, 6.45) is 1.34. The van der Waals surface area contributed by atoms with Crippen LogP contribution in [0.5, 0.6) is 0 Å². The highest BCUT2D eigenvalue weighted by molar-refractivity contribution is 5.94. The van der Waals surface area contributed by atoms with Crippen LogP contribution in [0.1, 0.15) is 19.5 Å². The lowest BCUT2D eigenvalue weighted by Gasteiger charge is -2.25. The van der Waals surface area contributed by atoms with Crippen LogP contribution in [-0.4, -0.2) is 87.1 Å². The van der Waals surface area contributed by atoms with Crippen LogP contribution in [0.3, 0.4) is 0 Å². The molecule has 0 aliphatic carbocycles. The molecule has 14 nitrogen and oxygen atoms in total. The minimum Gasteiger partial charge on any atom is -0.394 e. The molecule has 1 rings (SSSR count). The van der Waals surface area contributed by atoms with Gasteiger partial charge in [-0.05, 0) is 6.92 Å². The van der Waals surface area contributed by atoms with E-state index in [9.17, 15) is 34.2 Å². The molecule has 0 bridgehead atoms. The van der Waals surface area contributed by atoms with E-state index in [1.165, 1.54) is 26.4 Å². The predicted molar refractivity (Wildman–Crippen MR) is 105 cm³/mol. The molecule has 1 aromatic rings. The van der Waals surface area contributed by atoms with Gasteiger partial charge in [-0.3, -0.25) is 24.0 Å². The van der Waals surface area contributed by atoms with E-state index in [0.717, 1.165) is 0 Å². The van der Waals surface area contributed by atoms with Gasteiger partial charge in [0.25, 0.3) is 0 Å². The standard InChI is InChI=1S/C17H27N7O7/c1-8(26)14(24-13(28)5-20-9(2)27)17(31)22-11(3-10-4-19-7-21-10)16(30)23-12(6-25)15(18)29/h4,7-8,11-12,14,25-26H,3,5-6H2,1-2H3,(H2,18,29)(H,19,21)(H,20,27)(H,22,31)(H,23,30)(H,24,28)/t8-,11+,12+,14+/m1/s1. The first kappa shape index (κ1) is 25.5. The van der Waals surface area contributed by atoms with E-state index in [2.05, 4.69) is 31.2 Å². The molecular formula is C17H27N7O7. The summed E-state index contributed by atoms with van der Waals surface area (Å²) in [5, 5.41) is 28.2. The fourth-order valence-corrected chi connectivity index (χ4v) is 2.40. The number of carbonyl (C=O) groups excluding carboxylic acids is 5. The highest BCUT2D eigenvalue weighted by Crippen LogP contribution is 2.02. The highest BCUT2D eigenvalue weighted by atomic mass is 16.3. The third-order valence-corrected chi connectivity index (χ3v) is 4.03. The van der Waals surface area contributed by atoms with Crippen molar-refractivity contribution in [3.05, 3.63) is 18.2 Å². The smallest absolute Gasteiger partial charge is 0.245 e. The van der Waals surface area contributed by atoms with Gasteiger partial charge in [-0.25, -0.2) is 4.98 Å². The molecule has 31 heavy (non-hydrogen) atoms. The third-order valence-electron chi connectivity index (χ3n) is 4.03. The first-order valence-corrected chi connectivity index (χ1v) is 9.25. The van der Waals surface area contributed by atoms with Gasteiger partial charge in [0, 0.05) is 25.2 Å². The van der Waals surface area contributed by atoms with Crippen LogP contribution < -0.4 is 27.0 Å². The Morgan fingerprint density at radius 3 is 2.26 bits per heavy atom. The number of aliphatic hydroxyl groups excluding tert-OH is 2. The molecule has 4 atom stereocenters. The zero-order valence-corrected chi connectivity index (χ0v) is 17.0. The Balaban J connectivity index is 2.94. The number of primary amides is 1. The quantitative estimate of drug-likeness (QED) is 0.157. The number of hydrogen-bond donors (Lipinski definition) is 8. The Labute approximate surface area is 177 Å². The van der Waals surface area contributed by atoms with Gasteiger partial charge in [-0.2, -0.15) is 0 Å². The molecule has 1 aromatic heterocycles. The molecule has 0 radical (unpaired) electrons. The molecule has 0 fully saturated rings. The van der Waals surface area contributed by atoms with Gasteiger partial charge in [0.2, 0.25) is 29.5 Å². The fraction of sp³-hybridized carbons (Fsp3) is 0.529. The van der Waals surface area contributed by atoms with Crippen molar-refractivity contribution >= 4 is 29.5 Å². The van der Waals surface area contributed by atoms with E-state index >= 15 is 0 Å². The third kappa shape index (κ3) is 8.79. The topological polar surface area (TPSA) is 229 Å². The fourth-order valence-electron chi connectivity index (χ4n) is 2.40. The van der Waals surface area contributed by atoms with Gasteiger partial charge >= 0.3 is 0 Å². The number of amides is 5. The molecule has 0 saturated heterocycles. The first-order chi connectivity index (χ1) is 14.5. The number of hydrogen-bond acceptors (Lipinski definition) is 8. The predicted octanol–water partition coefficient (Wildman–Crippen LogP) is -4.60. The van der Waals surface area contributed by atoms with Crippen molar-refractivity contribution in [3.63, 3.8) is 0 Å². The van der Waals surface area contributed by atoms with Gasteiger partial charge in [0.1, 0.15) is 18.1 Å². The maximum Gasteiger partial charge on any atom is 0.245 e.